The van der Waals surface area contributed by atoms with Gasteiger partial charge in [0, 0.05) is 13.8 Å². The first kappa shape index (κ1) is 48.5. The molecule has 6 atom stereocenters. The molecule has 0 amide bonds. The van der Waals surface area contributed by atoms with Crippen LogP contribution in [0.25, 0.3) is 0 Å². The van der Waals surface area contributed by atoms with Gasteiger partial charge in [-0.2, -0.15) is 0 Å². The highest BCUT2D eigenvalue weighted by Gasteiger charge is 2.63. The van der Waals surface area contributed by atoms with E-state index in [4.69, 9.17) is 23.7 Å². The van der Waals surface area contributed by atoms with Crippen molar-refractivity contribution in [1.29, 1.82) is 0 Å². The number of rotatable bonds is 13. The molecule has 0 aromatic rings. The third-order valence-electron chi connectivity index (χ3n) is 8.67. The van der Waals surface area contributed by atoms with Gasteiger partial charge in [0.2, 0.25) is 0 Å². The number of quaternary nitrogens is 1. The van der Waals surface area contributed by atoms with Crippen LogP contribution in [0.1, 0.15) is 130 Å². The summed E-state index contributed by atoms with van der Waals surface area (Å²) in [5, 5.41) is 0. The van der Waals surface area contributed by atoms with Gasteiger partial charge in [0.1, 0.15) is 11.2 Å². The first-order valence-corrected chi connectivity index (χ1v) is 17.1. The summed E-state index contributed by atoms with van der Waals surface area (Å²) in [4.78, 5) is 58.8. The smallest absolute Gasteiger partial charge is 0.368 e. The first-order valence-electron chi connectivity index (χ1n) is 17.1. The average Bonchev–Trinajstić information content (AvgIpc) is 3.88. The standard InChI is InChI=1S/C14H24O4.C14H22O4.C8H15NO2.CH4.ClH.H2/c2*1-6-10-8-14(10,12(16)17-7-2)9-11(15)18-13(3,4)5;1-3-6-5-8(6,9)7(10)11-4-2;;;/h10H,6-9H2,1-5H3;6,10H,1,7-9H2,2-5H3;6H,3-5,9H2,1-2H3;1H4;2*1H/t2*10-,14-;6-,8-;;;/m111.../s1. The molecule has 11 nitrogen and oxygen atoms in total. The first-order chi connectivity index (χ1) is 21.6. The molecule has 3 fully saturated rings. The molecule has 0 aromatic heterocycles. The molecule has 12 heteroatoms. The van der Waals surface area contributed by atoms with Crippen LogP contribution in [0.5, 0.6) is 0 Å². The zero-order valence-electron chi connectivity index (χ0n) is 31.3. The van der Waals surface area contributed by atoms with Gasteiger partial charge < -0.3 is 41.8 Å². The van der Waals surface area contributed by atoms with Gasteiger partial charge in [-0.05, 0) is 93.4 Å². The zero-order chi connectivity index (χ0) is 36.4. The van der Waals surface area contributed by atoms with E-state index < -0.39 is 22.0 Å². The van der Waals surface area contributed by atoms with Crippen molar-refractivity contribution in [3.05, 3.63) is 12.7 Å². The predicted octanol–water partition coefficient (Wildman–Crippen LogP) is 3.02. The van der Waals surface area contributed by atoms with E-state index in [1.807, 2.05) is 34.6 Å². The van der Waals surface area contributed by atoms with E-state index in [0.29, 0.717) is 32.2 Å². The van der Waals surface area contributed by atoms with Crippen molar-refractivity contribution in [2.24, 2.45) is 28.6 Å². The number of halogens is 1. The monoisotopic (exact) mass is 721 g/mol. The maximum atomic E-state index is 12.0. The molecular weight excluding hydrogens is 654 g/mol. The molecule has 3 N–H and O–H groups in total. The summed E-state index contributed by atoms with van der Waals surface area (Å²) in [7, 11) is 0. The fourth-order valence-electron chi connectivity index (χ4n) is 5.87. The van der Waals surface area contributed by atoms with E-state index in [0.717, 1.165) is 25.7 Å². The number of ether oxygens (including phenoxy) is 5. The molecule has 0 unspecified atom stereocenters. The summed E-state index contributed by atoms with van der Waals surface area (Å²) < 4.78 is 25.6. The lowest BCUT2D eigenvalue weighted by molar-refractivity contribution is -0.430. The van der Waals surface area contributed by atoms with Gasteiger partial charge in [0.05, 0.1) is 43.5 Å². The van der Waals surface area contributed by atoms with Crippen LogP contribution in [0.15, 0.2) is 12.7 Å². The van der Waals surface area contributed by atoms with Crippen LogP contribution in [0.2, 0.25) is 0 Å². The normalized spacial score (nSPS) is 27.3. The maximum Gasteiger partial charge on any atom is 0.368 e. The lowest BCUT2D eigenvalue weighted by Gasteiger charge is -2.22. The lowest BCUT2D eigenvalue weighted by atomic mass is 9.98. The summed E-state index contributed by atoms with van der Waals surface area (Å²) in [5.41, 5.74) is 1.09. The summed E-state index contributed by atoms with van der Waals surface area (Å²) in [6.07, 6.45) is 6.10. The Balaban J connectivity index is -0.000000661. The average molecular weight is 722 g/mol. The Hall–Kier alpha value is -2.66. The Kier molecular flexibility index (Phi) is 19.4. The predicted molar refractivity (Wildman–Crippen MR) is 185 cm³/mol. The van der Waals surface area contributed by atoms with E-state index in [9.17, 15) is 24.0 Å². The molecule has 3 aliphatic carbocycles. The van der Waals surface area contributed by atoms with Crippen molar-refractivity contribution >= 4 is 29.8 Å². The maximum absolute atomic E-state index is 12.0. The summed E-state index contributed by atoms with van der Waals surface area (Å²) in [6, 6.07) is 0. The second-order valence-electron chi connectivity index (χ2n) is 14.8. The SMILES string of the molecule is C.C=C[C@@H]1C[C@]1(CC(=O)OC(C)(C)C)C(=O)OCC.CCOC(=O)[C@@]1(CC(=O)OC(C)(C)C)C[C@H]1CC.CCOC(=O)[C@@]1([NH3+])C[C@H]1CC.[Cl-].[HH]. The van der Waals surface area contributed by atoms with Gasteiger partial charge in [-0.1, -0.05) is 33.8 Å². The van der Waals surface area contributed by atoms with Crippen LogP contribution >= 0.6 is 0 Å². The minimum Gasteiger partial charge on any atom is -1.00 e. The van der Waals surface area contributed by atoms with Crippen LogP contribution in [-0.4, -0.2) is 66.4 Å². The molecule has 0 heterocycles. The highest BCUT2D eigenvalue weighted by Crippen LogP contribution is 2.58. The van der Waals surface area contributed by atoms with Crippen LogP contribution in [0.4, 0.5) is 0 Å². The fraction of sp³-hybridized carbons (Fsp3) is 0.811. The molecule has 0 spiro atoms. The van der Waals surface area contributed by atoms with Gasteiger partial charge in [-0.3, -0.25) is 19.2 Å². The fourth-order valence-corrected chi connectivity index (χ4v) is 5.87. The molecular formula is C37H68ClNO10. The van der Waals surface area contributed by atoms with Crippen LogP contribution in [-0.2, 0) is 47.7 Å². The molecule has 288 valence electrons. The molecule has 0 saturated heterocycles. The quantitative estimate of drug-likeness (QED) is 0.170. The van der Waals surface area contributed by atoms with Crippen molar-refractivity contribution in [3.8, 4) is 0 Å². The van der Waals surface area contributed by atoms with Crippen LogP contribution < -0.4 is 18.1 Å². The third-order valence-corrected chi connectivity index (χ3v) is 8.67. The Bertz CT molecular complexity index is 1140. The second kappa shape index (κ2) is 19.7. The van der Waals surface area contributed by atoms with Gasteiger partial charge >= 0.3 is 29.8 Å². The molecule has 3 saturated carbocycles. The van der Waals surface area contributed by atoms with Gasteiger partial charge in [0.25, 0.3) is 0 Å². The number of carbonyl (C=O) groups is 5. The van der Waals surface area contributed by atoms with Gasteiger partial charge in [0.15, 0.2) is 5.54 Å². The highest BCUT2D eigenvalue weighted by molar-refractivity contribution is 5.88. The van der Waals surface area contributed by atoms with Crippen molar-refractivity contribution < 1.29 is 67.2 Å². The molecule has 0 aromatic carbocycles. The Labute approximate surface area is 303 Å². The van der Waals surface area contributed by atoms with E-state index in [1.54, 1.807) is 40.7 Å². The Morgan fingerprint density at radius 1 is 0.694 bits per heavy atom. The minimum atomic E-state index is -0.736. The summed E-state index contributed by atoms with van der Waals surface area (Å²) >= 11 is 0. The second-order valence-corrected chi connectivity index (χ2v) is 14.8. The molecule has 3 aliphatic rings. The molecule has 49 heavy (non-hydrogen) atoms. The zero-order valence-corrected chi connectivity index (χ0v) is 32.0. The lowest BCUT2D eigenvalue weighted by Crippen LogP contribution is -3.00. The van der Waals surface area contributed by atoms with Crippen molar-refractivity contribution in [2.45, 2.75) is 145 Å². The Morgan fingerprint density at radius 3 is 1.39 bits per heavy atom. The molecule has 0 bridgehead atoms. The number of hydrogen-bond acceptors (Lipinski definition) is 10. The third kappa shape index (κ3) is 14.2. The van der Waals surface area contributed by atoms with Crippen LogP contribution in [0.3, 0.4) is 0 Å². The summed E-state index contributed by atoms with van der Waals surface area (Å²) in [5.74, 6) is -0.628. The molecule has 3 rings (SSSR count). The van der Waals surface area contributed by atoms with Crippen molar-refractivity contribution in [1.82, 2.24) is 0 Å². The summed E-state index contributed by atoms with van der Waals surface area (Å²) in [6.45, 7) is 25.2. The highest BCUT2D eigenvalue weighted by atomic mass is 35.5. The number of esters is 5. The van der Waals surface area contributed by atoms with E-state index in [2.05, 4.69) is 19.2 Å². The molecule has 0 aliphatic heterocycles. The van der Waals surface area contributed by atoms with Gasteiger partial charge in [-0.15, -0.1) is 6.58 Å². The number of allylic oxidation sites excluding steroid dienone is 1. The van der Waals surface area contributed by atoms with E-state index in [-0.39, 0.29) is 81.3 Å². The Morgan fingerprint density at radius 2 is 1.08 bits per heavy atom. The van der Waals surface area contributed by atoms with Crippen molar-refractivity contribution in [3.63, 3.8) is 0 Å². The van der Waals surface area contributed by atoms with E-state index in [1.165, 1.54) is 0 Å². The largest absolute Gasteiger partial charge is 1.00 e. The molecule has 0 radical (unpaired) electrons. The van der Waals surface area contributed by atoms with Gasteiger partial charge in [-0.25, -0.2) is 4.79 Å². The topological polar surface area (TPSA) is 159 Å². The minimum absolute atomic E-state index is 0. The number of carbonyl (C=O) groups excluding carboxylic acids is 5. The van der Waals surface area contributed by atoms with Crippen molar-refractivity contribution in [2.75, 3.05) is 19.8 Å². The number of hydrogen-bond donors (Lipinski definition) is 1. The van der Waals surface area contributed by atoms with Crippen LogP contribution in [0, 0.1) is 28.6 Å². The van der Waals surface area contributed by atoms with E-state index >= 15 is 0 Å².